The van der Waals surface area contributed by atoms with E-state index in [9.17, 15) is 9.00 Å². The van der Waals surface area contributed by atoms with E-state index in [1.54, 1.807) is 12.5 Å². The van der Waals surface area contributed by atoms with Gasteiger partial charge in [0.05, 0.1) is 6.54 Å². The Morgan fingerprint density at radius 1 is 1.55 bits per heavy atom. The van der Waals surface area contributed by atoms with Gasteiger partial charge in [-0.2, -0.15) is 0 Å². The molecule has 11 heavy (non-hydrogen) atoms. The lowest BCUT2D eigenvalue weighted by Gasteiger charge is -1.98. The number of ether oxygens (including phenoxy) is 1. The Kier molecular flexibility index (Phi) is 4.10. The van der Waals surface area contributed by atoms with Crippen molar-refractivity contribution in [3.63, 3.8) is 0 Å². The van der Waals surface area contributed by atoms with Crippen molar-refractivity contribution in [2.75, 3.05) is 25.7 Å². The van der Waals surface area contributed by atoms with Crippen LogP contribution in [0.25, 0.3) is 0 Å². The van der Waals surface area contributed by atoms with Crippen LogP contribution in [0.3, 0.4) is 0 Å². The molecule has 0 saturated carbocycles. The summed E-state index contributed by atoms with van der Waals surface area (Å²) in [6, 6.07) is 0. The van der Waals surface area contributed by atoms with Crippen molar-refractivity contribution >= 4 is 15.7 Å². The number of carbonyl (C=O) groups excluding carboxylic acids is 1. The molecule has 0 saturated heterocycles. The lowest BCUT2D eigenvalue weighted by Crippen LogP contribution is -2.04. The molecule has 0 aliphatic rings. The molecular formula is C6H13NO3S. The smallest absolute Gasteiger partial charge is 0.302 e. The third-order valence-corrected chi connectivity index (χ3v) is 1.60. The molecule has 5 heteroatoms. The summed E-state index contributed by atoms with van der Waals surface area (Å²) >= 11 is 0. The third kappa shape index (κ3) is 9.42. The van der Waals surface area contributed by atoms with E-state index in [1.807, 2.05) is 0 Å². The van der Waals surface area contributed by atoms with Gasteiger partial charge >= 0.3 is 5.97 Å². The van der Waals surface area contributed by atoms with E-state index < -0.39 is 9.73 Å². The van der Waals surface area contributed by atoms with Crippen molar-refractivity contribution in [3.8, 4) is 0 Å². The maximum absolute atomic E-state index is 10.9. The summed E-state index contributed by atoms with van der Waals surface area (Å²) in [5.41, 5.74) is 0. The van der Waals surface area contributed by atoms with Gasteiger partial charge in [-0.25, -0.2) is 4.36 Å². The van der Waals surface area contributed by atoms with Gasteiger partial charge in [-0.3, -0.25) is 9.00 Å². The second-order valence-electron chi connectivity index (χ2n) is 2.37. The van der Waals surface area contributed by atoms with Crippen LogP contribution in [0.5, 0.6) is 0 Å². The van der Waals surface area contributed by atoms with Gasteiger partial charge in [-0.15, -0.1) is 0 Å². The molecule has 0 aliphatic heterocycles. The quantitative estimate of drug-likeness (QED) is 0.462. The van der Waals surface area contributed by atoms with Crippen molar-refractivity contribution in [1.29, 1.82) is 0 Å². The summed E-state index contributed by atoms with van der Waals surface area (Å²) in [7, 11) is -2.04. The highest BCUT2D eigenvalue weighted by atomic mass is 32.2. The number of carbonyl (C=O) groups is 1. The molecular weight excluding hydrogens is 166 g/mol. The number of esters is 1. The van der Waals surface area contributed by atoms with Gasteiger partial charge in [0, 0.05) is 29.2 Å². The van der Waals surface area contributed by atoms with Crippen LogP contribution in [0.2, 0.25) is 0 Å². The molecule has 0 heterocycles. The largest absolute Gasteiger partial charge is 0.464 e. The summed E-state index contributed by atoms with van der Waals surface area (Å²) in [6.07, 6.45) is 3.08. The molecule has 0 spiro atoms. The predicted octanol–water partition coefficient (Wildman–Crippen LogP) is 0.277. The standard InChI is InChI=1S/C6H13NO3S/c1-6(8)10-5-4-7-11(2,3)9/h4-5H2,1-3H3. The Bertz CT molecular complexity index is 232. The van der Waals surface area contributed by atoms with E-state index in [1.165, 1.54) is 6.92 Å². The normalized spacial score (nSPS) is 10.8. The van der Waals surface area contributed by atoms with Crippen LogP contribution in [0.1, 0.15) is 6.92 Å². The molecule has 0 radical (unpaired) electrons. The van der Waals surface area contributed by atoms with Gasteiger partial charge in [0.1, 0.15) is 6.61 Å². The first-order valence-electron chi connectivity index (χ1n) is 3.18. The number of hydrogen-bond acceptors (Lipinski definition) is 4. The topological polar surface area (TPSA) is 55.7 Å². The fourth-order valence-corrected chi connectivity index (χ4v) is 0.961. The van der Waals surface area contributed by atoms with E-state index in [-0.39, 0.29) is 12.6 Å². The average Bonchev–Trinajstić information content (AvgIpc) is 1.78. The second kappa shape index (κ2) is 4.33. The number of nitrogens with zero attached hydrogens (tertiary/aromatic N) is 1. The highest BCUT2D eigenvalue weighted by molar-refractivity contribution is 7.92. The van der Waals surface area contributed by atoms with Crippen LogP contribution in [-0.4, -0.2) is 35.8 Å². The van der Waals surface area contributed by atoms with Crippen LogP contribution >= 0.6 is 0 Å². The Balaban J connectivity index is 3.59. The molecule has 0 aliphatic carbocycles. The molecule has 0 aromatic heterocycles. The molecule has 0 bridgehead atoms. The van der Waals surface area contributed by atoms with Crippen LogP contribution in [-0.2, 0) is 19.3 Å². The summed E-state index contributed by atoms with van der Waals surface area (Å²) in [5.74, 6) is -0.334. The average molecular weight is 179 g/mol. The molecule has 0 N–H and O–H groups in total. The Labute approximate surface area is 67.1 Å². The highest BCUT2D eigenvalue weighted by Gasteiger charge is 1.92. The van der Waals surface area contributed by atoms with E-state index in [2.05, 4.69) is 9.10 Å². The van der Waals surface area contributed by atoms with Crippen molar-refractivity contribution in [2.45, 2.75) is 6.92 Å². The van der Waals surface area contributed by atoms with Crippen molar-refractivity contribution in [1.82, 2.24) is 0 Å². The van der Waals surface area contributed by atoms with Gasteiger partial charge in [0.15, 0.2) is 0 Å². The zero-order valence-corrected chi connectivity index (χ0v) is 7.81. The number of rotatable bonds is 3. The zero-order chi connectivity index (χ0) is 8.91. The summed E-state index contributed by atoms with van der Waals surface area (Å²) in [6.45, 7) is 1.86. The monoisotopic (exact) mass is 179 g/mol. The lowest BCUT2D eigenvalue weighted by molar-refractivity contribution is -0.140. The van der Waals surface area contributed by atoms with E-state index in [4.69, 9.17) is 0 Å². The minimum atomic E-state index is -2.04. The second-order valence-corrected chi connectivity index (χ2v) is 4.99. The van der Waals surface area contributed by atoms with Crippen LogP contribution < -0.4 is 0 Å². The maximum Gasteiger partial charge on any atom is 0.302 e. The highest BCUT2D eigenvalue weighted by Crippen LogP contribution is 1.84. The Hall–Kier alpha value is -0.580. The van der Waals surface area contributed by atoms with Crippen molar-refractivity contribution in [3.05, 3.63) is 0 Å². The summed E-state index contributed by atoms with van der Waals surface area (Å²) < 4.78 is 19.3. The van der Waals surface area contributed by atoms with E-state index in [0.29, 0.717) is 6.54 Å². The van der Waals surface area contributed by atoms with Gasteiger partial charge in [0.2, 0.25) is 0 Å². The van der Waals surface area contributed by atoms with Gasteiger partial charge in [0.25, 0.3) is 0 Å². The summed E-state index contributed by atoms with van der Waals surface area (Å²) in [5, 5.41) is 0. The van der Waals surface area contributed by atoms with Gasteiger partial charge in [-0.1, -0.05) is 0 Å². The molecule has 0 unspecified atom stereocenters. The molecule has 66 valence electrons. The molecule has 0 rings (SSSR count). The molecule has 0 amide bonds. The fraction of sp³-hybridized carbons (Fsp3) is 0.833. The molecule has 4 nitrogen and oxygen atoms in total. The van der Waals surface area contributed by atoms with Crippen LogP contribution in [0, 0.1) is 0 Å². The zero-order valence-electron chi connectivity index (χ0n) is 6.99. The summed E-state index contributed by atoms with van der Waals surface area (Å²) in [4.78, 5) is 10.2. The van der Waals surface area contributed by atoms with E-state index >= 15 is 0 Å². The fourth-order valence-electron chi connectivity index (χ4n) is 0.446. The van der Waals surface area contributed by atoms with Gasteiger partial charge in [-0.05, 0) is 0 Å². The molecule has 0 aromatic carbocycles. The molecule has 0 atom stereocenters. The van der Waals surface area contributed by atoms with Crippen LogP contribution in [0.15, 0.2) is 4.36 Å². The molecule has 0 fully saturated rings. The lowest BCUT2D eigenvalue weighted by atomic mass is 10.7. The van der Waals surface area contributed by atoms with Crippen molar-refractivity contribution < 1.29 is 13.7 Å². The first kappa shape index (κ1) is 10.4. The SMILES string of the molecule is CC(=O)OCCN=S(C)(C)=O. The third-order valence-electron chi connectivity index (χ3n) is 0.799. The van der Waals surface area contributed by atoms with E-state index in [0.717, 1.165) is 0 Å². The molecule has 0 aromatic rings. The van der Waals surface area contributed by atoms with Crippen LogP contribution in [0.4, 0.5) is 0 Å². The first-order chi connectivity index (χ1) is 4.92. The Morgan fingerprint density at radius 3 is 2.45 bits per heavy atom. The van der Waals surface area contributed by atoms with Gasteiger partial charge < -0.3 is 4.74 Å². The number of hydrogen-bond donors (Lipinski definition) is 0. The van der Waals surface area contributed by atoms with Crippen molar-refractivity contribution in [2.24, 2.45) is 4.36 Å². The minimum Gasteiger partial charge on any atom is -0.464 e. The Morgan fingerprint density at radius 2 is 2.09 bits per heavy atom. The minimum absolute atomic E-state index is 0.216. The maximum atomic E-state index is 10.9. The predicted molar refractivity (Wildman–Crippen MR) is 43.9 cm³/mol. The first-order valence-corrected chi connectivity index (χ1v) is 5.51.